The van der Waals surface area contributed by atoms with E-state index in [1.54, 1.807) is 7.11 Å². The summed E-state index contributed by atoms with van der Waals surface area (Å²) in [6.45, 7) is 5.68. The number of rotatable bonds is 5. The molecule has 2 unspecified atom stereocenters. The predicted octanol–water partition coefficient (Wildman–Crippen LogP) is 3.19. The first kappa shape index (κ1) is 13.4. The van der Waals surface area contributed by atoms with Gasteiger partial charge in [0, 0.05) is 6.04 Å². The molecule has 18 heavy (non-hydrogen) atoms. The van der Waals surface area contributed by atoms with E-state index in [2.05, 4.69) is 37.4 Å². The van der Waals surface area contributed by atoms with E-state index >= 15 is 0 Å². The molecule has 2 rings (SSSR count). The molecule has 1 N–H and O–H groups in total. The van der Waals surface area contributed by atoms with Gasteiger partial charge in [-0.3, -0.25) is 0 Å². The molecule has 0 spiro atoms. The number of ether oxygens (including phenoxy) is 1. The zero-order valence-corrected chi connectivity index (χ0v) is 11.8. The lowest BCUT2D eigenvalue weighted by Gasteiger charge is -2.30. The minimum absolute atomic E-state index is 0.615. The van der Waals surface area contributed by atoms with Crippen LogP contribution in [-0.2, 0) is 12.8 Å². The van der Waals surface area contributed by atoms with Gasteiger partial charge in [-0.1, -0.05) is 13.0 Å². The highest BCUT2D eigenvalue weighted by molar-refractivity contribution is 5.37. The molecule has 0 aliphatic heterocycles. The molecule has 100 valence electrons. The molecule has 0 saturated heterocycles. The van der Waals surface area contributed by atoms with Gasteiger partial charge in [-0.2, -0.15) is 0 Å². The average Bonchev–Trinajstić information content (AvgIpc) is 2.43. The highest BCUT2D eigenvalue weighted by atomic mass is 16.5. The number of hydrogen-bond acceptors (Lipinski definition) is 2. The van der Waals surface area contributed by atoms with Gasteiger partial charge in [-0.15, -0.1) is 0 Å². The van der Waals surface area contributed by atoms with Gasteiger partial charge >= 0.3 is 0 Å². The smallest absolute Gasteiger partial charge is 0.119 e. The van der Waals surface area contributed by atoms with Gasteiger partial charge in [0.15, 0.2) is 0 Å². The normalized spacial score (nSPS) is 20.3. The van der Waals surface area contributed by atoms with Crippen molar-refractivity contribution in [2.45, 2.75) is 45.6 Å². The number of fused-ring (bicyclic) bond motifs is 1. The van der Waals surface area contributed by atoms with Crippen LogP contribution >= 0.6 is 0 Å². The zero-order chi connectivity index (χ0) is 13.0. The lowest BCUT2D eigenvalue weighted by molar-refractivity contribution is 0.337. The van der Waals surface area contributed by atoms with Crippen molar-refractivity contribution >= 4 is 0 Å². The number of nitrogens with one attached hydrogen (secondary N) is 1. The Morgan fingerprint density at radius 2 is 2.22 bits per heavy atom. The number of benzene rings is 1. The van der Waals surface area contributed by atoms with E-state index in [4.69, 9.17) is 4.74 Å². The Morgan fingerprint density at radius 1 is 1.39 bits per heavy atom. The minimum atomic E-state index is 0.615. The molecule has 0 aromatic heterocycles. The number of hydrogen-bond donors (Lipinski definition) is 1. The molecule has 1 aliphatic rings. The summed E-state index contributed by atoms with van der Waals surface area (Å²) in [5.41, 5.74) is 2.99. The molecule has 2 atom stereocenters. The Labute approximate surface area is 111 Å². The second-order valence-electron chi connectivity index (χ2n) is 5.38. The average molecular weight is 247 g/mol. The van der Waals surface area contributed by atoms with Crippen LogP contribution in [0.2, 0.25) is 0 Å². The van der Waals surface area contributed by atoms with Crippen molar-refractivity contribution in [2.24, 2.45) is 5.92 Å². The summed E-state index contributed by atoms with van der Waals surface area (Å²) in [6.07, 6.45) is 4.91. The van der Waals surface area contributed by atoms with Gasteiger partial charge in [0.2, 0.25) is 0 Å². The first-order valence-electron chi connectivity index (χ1n) is 7.13. The van der Waals surface area contributed by atoms with Crippen LogP contribution in [0.25, 0.3) is 0 Å². The fourth-order valence-corrected chi connectivity index (χ4v) is 2.85. The molecule has 2 heteroatoms. The van der Waals surface area contributed by atoms with Crippen molar-refractivity contribution < 1.29 is 4.74 Å². The zero-order valence-electron chi connectivity index (χ0n) is 11.8. The highest BCUT2D eigenvalue weighted by Gasteiger charge is 2.23. The second-order valence-corrected chi connectivity index (χ2v) is 5.38. The van der Waals surface area contributed by atoms with Gasteiger partial charge in [-0.25, -0.2) is 0 Å². The third-order valence-electron chi connectivity index (χ3n) is 4.10. The first-order valence-corrected chi connectivity index (χ1v) is 7.13. The van der Waals surface area contributed by atoms with E-state index in [1.807, 2.05) is 0 Å². The Hall–Kier alpha value is -1.02. The minimum Gasteiger partial charge on any atom is -0.497 e. The molecule has 0 amide bonds. The summed E-state index contributed by atoms with van der Waals surface area (Å²) in [7, 11) is 1.74. The summed E-state index contributed by atoms with van der Waals surface area (Å²) in [4.78, 5) is 0. The maximum atomic E-state index is 5.33. The summed E-state index contributed by atoms with van der Waals surface area (Å²) in [6, 6.07) is 7.14. The van der Waals surface area contributed by atoms with Crippen molar-refractivity contribution in [3.63, 3.8) is 0 Å². The highest BCUT2D eigenvalue weighted by Crippen LogP contribution is 2.30. The van der Waals surface area contributed by atoms with Crippen LogP contribution in [0.15, 0.2) is 18.2 Å². The molecular weight excluding hydrogens is 222 g/mol. The Balaban J connectivity index is 2.03. The van der Waals surface area contributed by atoms with E-state index in [-0.39, 0.29) is 0 Å². The van der Waals surface area contributed by atoms with E-state index in [0.29, 0.717) is 6.04 Å². The molecule has 0 saturated carbocycles. The van der Waals surface area contributed by atoms with Crippen molar-refractivity contribution in [1.29, 1.82) is 0 Å². The quantitative estimate of drug-likeness (QED) is 0.863. The van der Waals surface area contributed by atoms with Crippen LogP contribution < -0.4 is 10.1 Å². The largest absolute Gasteiger partial charge is 0.497 e. The van der Waals surface area contributed by atoms with Gasteiger partial charge in [0.1, 0.15) is 5.75 Å². The maximum absolute atomic E-state index is 5.33. The lowest BCUT2D eigenvalue weighted by Crippen LogP contribution is -2.36. The fourth-order valence-electron chi connectivity index (χ4n) is 2.85. The molecular formula is C16H25NO. The molecule has 0 fully saturated rings. The van der Waals surface area contributed by atoms with Crippen LogP contribution in [0.4, 0.5) is 0 Å². The van der Waals surface area contributed by atoms with Gasteiger partial charge in [0.25, 0.3) is 0 Å². The number of aryl methyl sites for hydroxylation is 1. The fraction of sp³-hybridized carbons (Fsp3) is 0.625. The van der Waals surface area contributed by atoms with E-state index in [0.717, 1.165) is 18.2 Å². The van der Waals surface area contributed by atoms with Crippen LogP contribution in [0, 0.1) is 5.92 Å². The SMILES string of the molecule is CCCNC(C)C1CCc2ccc(OC)cc2C1. The summed E-state index contributed by atoms with van der Waals surface area (Å²) in [5, 5.41) is 3.63. The van der Waals surface area contributed by atoms with Crippen molar-refractivity contribution in [3.8, 4) is 5.75 Å². The van der Waals surface area contributed by atoms with E-state index in [9.17, 15) is 0 Å². The summed E-state index contributed by atoms with van der Waals surface area (Å²) >= 11 is 0. The molecule has 1 aromatic carbocycles. The molecule has 0 radical (unpaired) electrons. The first-order chi connectivity index (χ1) is 8.74. The Bertz CT molecular complexity index is 389. The standard InChI is InChI=1S/C16H25NO/c1-4-9-17-12(2)14-6-5-13-7-8-16(18-3)11-15(13)10-14/h7-8,11-12,14,17H,4-6,9-10H2,1-3H3. The van der Waals surface area contributed by atoms with Gasteiger partial charge in [-0.05, 0) is 68.3 Å². The van der Waals surface area contributed by atoms with E-state index in [1.165, 1.54) is 36.8 Å². The maximum Gasteiger partial charge on any atom is 0.119 e. The van der Waals surface area contributed by atoms with Crippen LogP contribution in [-0.4, -0.2) is 19.7 Å². The van der Waals surface area contributed by atoms with Crippen molar-refractivity contribution in [3.05, 3.63) is 29.3 Å². The van der Waals surface area contributed by atoms with Crippen molar-refractivity contribution in [1.82, 2.24) is 5.32 Å². The molecule has 1 aromatic rings. The van der Waals surface area contributed by atoms with Gasteiger partial charge < -0.3 is 10.1 Å². The van der Waals surface area contributed by atoms with E-state index < -0.39 is 0 Å². The number of methoxy groups -OCH3 is 1. The second kappa shape index (κ2) is 6.24. The molecule has 0 bridgehead atoms. The van der Waals surface area contributed by atoms with Crippen LogP contribution in [0.1, 0.15) is 37.8 Å². The van der Waals surface area contributed by atoms with Crippen LogP contribution in [0.5, 0.6) is 5.75 Å². The third-order valence-corrected chi connectivity index (χ3v) is 4.10. The van der Waals surface area contributed by atoms with Crippen molar-refractivity contribution in [2.75, 3.05) is 13.7 Å². The molecule has 1 aliphatic carbocycles. The summed E-state index contributed by atoms with van der Waals surface area (Å²) in [5.74, 6) is 1.75. The third kappa shape index (κ3) is 3.05. The topological polar surface area (TPSA) is 21.3 Å². The monoisotopic (exact) mass is 247 g/mol. The van der Waals surface area contributed by atoms with Gasteiger partial charge in [0.05, 0.1) is 7.11 Å². The summed E-state index contributed by atoms with van der Waals surface area (Å²) < 4.78 is 5.33. The molecule has 0 heterocycles. The Kier molecular flexibility index (Phi) is 4.65. The Morgan fingerprint density at radius 3 is 2.94 bits per heavy atom. The lowest BCUT2D eigenvalue weighted by atomic mass is 9.80. The van der Waals surface area contributed by atoms with Crippen LogP contribution in [0.3, 0.4) is 0 Å². The predicted molar refractivity (Wildman–Crippen MR) is 76.3 cm³/mol. The molecule has 2 nitrogen and oxygen atoms in total.